The van der Waals surface area contributed by atoms with Crippen molar-refractivity contribution in [2.45, 2.75) is 27.1 Å². The molecule has 2 N–H and O–H groups in total. The zero-order chi connectivity index (χ0) is 12.3. The van der Waals surface area contributed by atoms with Crippen LogP contribution < -0.4 is 0 Å². The molecular weight excluding hydrogens is 208 g/mol. The standard InChI is InChI=1S/C12H18O4/c1-7-8(2)10(6-16-4)12(14)11(13)9(7)5-15-3/h13-14H,5-6H2,1-4H3. The van der Waals surface area contributed by atoms with Crippen molar-refractivity contribution >= 4 is 0 Å². The Morgan fingerprint density at radius 3 is 1.38 bits per heavy atom. The minimum atomic E-state index is -0.114. The Morgan fingerprint density at radius 1 is 0.812 bits per heavy atom. The molecule has 0 aliphatic heterocycles. The van der Waals surface area contributed by atoms with Gasteiger partial charge in [0.05, 0.1) is 13.2 Å². The Kier molecular flexibility index (Phi) is 4.15. The summed E-state index contributed by atoms with van der Waals surface area (Å²) in [6.07, 6.45) is 0. The van der Waals surface area contributed by atoms with Gasteiger partial charge in [-0.25, -0.2) is 0 Å². The summed E-state index contributed by atoms with van der Waals surface area (Å²) >= 11 is 0. The summed E-state index contributed by atoms with van der Waals surface area (Å²) < 4.78 is 9.99. The molecule has 0 aliphatic carbocycles. The van der Waals surface area contributed by atoms with Crippen LogP contribution in [0.2, 0.25) is 0 Å². The maximum absolute atomic E-state index is 9.86. The van der Waals surface area contributed by atoms with Crippen LogP contribution in [0.4, 0.5) is 0 Å². The molecule has 4 heteroatoms. The minimum Gasteiger partial charge on any atom is -0.504 e. The number of ether oxygens (including phenoxy) is 2. The molecule has 4 nitrogen and oxygen atoms in total. The van der Waals surface area contributed by atoms with Crippen molar-refractivity contribution in [1.82, 2.24) is 0 Å². The Morgan fingerprint density at radius 2 is 1.12 bits per heavy atom. The monoisotopic (exact) mass is 226 g/mol. The van der Waals surface area contributed by atoms with Crippen molar-refractivity contribution in [3.05, 3.63) is 22.3 Å². The second-order valence-corrected chi connectivity index (χ2v) is 3.77. The Balaban J connectivity index is 3.37. The number of hydrogen-bond acceptors (Lipinski definition) is 4. The zero-order valence-corrected chi connectivity index (χ0v) is 10.1. The Hall–Kier alpha value is -1.26. The molecule has 16 heavy (non-hydrogen) atoms. The van der Waals surface area contributed by atoms with Crippen LogP contribution in [0.5, 0.6) is 11.5 Å². The lowest BCUT2D eigenvalue weighted by Crippen LogP contribution is -2.01. The molecular formula is C12H18O4. The van der Waals surface area contributed by atoms with E-state index in [4.69, 9.17) is 9.47 Å². The summed E-state index contributed by atoms with van der Waals surface area (Å²) in [5, 5.41) is 19.7. The number of hydrogen-bond donors (Lipinski definition) is 2. The van der Waals surface area contributed by atoms with E-state index in [0.717, 1.165) is 11.1 Å². The molecule has 0 heterocycles. The molecule has 0 atom stereocenters. The first kappa shape index (κ1) is 12.8. The van der Waals surface area contributed by atoms with E-state index >= 15 is 0 Å². The Labute approximate surface area is 95.4 Å². The predicted molar refractivity (Wildman–Crippen MR) is 60.7 cm³/mol. The van der Waals surface area contributed by atoms with Crippen LogP contribution in [0, 0.1) is 13.8 Å². The summed E-state index contributed by atoms with van der Waals surface area (Å²) in [6, 6.07) is 0. The fourth-order valence-electron chi connectivity index (χ4n) is 1.74. The van der Waals surface area contributed by atoms with Gasteiger partial charge in [-0.3, -0.25) is 0 Å². The molecule has 1 rings (SSSR count). The molecule has 1 aromatic rings. The number of aromatic hydroxyl groups is 2. The van der Waals surface area contributed by atoms with Crippen LogP contribution in [0.15, 0.2) is 0 Å². The quantitative estimate of drug-likeness (QED) is 0.771. The van der Waals surface area contributed by atoms with Gasteiger partial charge in [0.15, 0.2) is 11.5 Å². The fourth-order valence-corrected chi connectivity index (χ4v) is 1.74. The van der Waals surface area contributed by atoms with E-state index in [9.17, 15) is 10.2 Å². The lowest BCUT2D eigenvalue weighted by Gasteiger charge is -2.17. The second-order valence-electron chi connectivity index (χ2n) is 3.77. The van der Waals surface area contributed by atoms with Crippen molar-refractivity contribution in [3.63, 3.8) is 0 Å². The van der Waals surface area contributed by atoms with Crippen LogP contribution in [0.25, 0.3) is 0 Å². The van der Waals surface area contributed by atoms with Gasteiger partial charge < -0.3 is 19.7 Å². The van der Waals surface area contributed by atoms with Gasteiger partial charge >= 0.3 is 0 Å². The molecule has 90 valence electrons. The largest absolute Gasteiger partial charge is 0.504 e. The summed E-state index contributed by atoms with van der Waals surface area (Å²) in [6.45, 7) is 4.34. The molecule has 0 aromatic heterocycles. The van der Waals surface area contributed by atoms with Gasteiger partial charge in [-0.05, 0) is 25.0 Å². The van der Waals surface area contributed by atoms with E-state index in [1.165, 1.54) is 0 Å². The first-order valence-corrected chi connectivity index (χ1v) is 5.05. The fraction of sp³-hybridized carbons (Fsp3) is 0.500. The maximum Gasteiger partial charge on any atom is 0.163 e. The summed E-state index contributed by atoms with van der Waals surface area (Å²) in [5.74, 6) is -0.228. The number of phenolic OH excluding ortho intramolecular Hbond substituents is 2. The van der Waals surface area contributed by atoms with Gasteiger partial charge in [0, 0.05) is 25.3 Å². The number of phenols is 2. The molecule has 0 fully saturated rings. The van der Waals surface area contributed by atoms with E-state index in [2.05, 4.69) is 0 Å². The van der Waals surface area contributed by atoms with Crippen LogP contribution in [-0.4, -0.2) is 24.4 Å². The lowest BCUT2D eigenvalue weighted by molar-refractivity contribution is 0.175. The van der Waals surface area contributed by atoms with Crippen LogP contribution in [0.3, 0.4) is 0 Å². The number of methoxy groups -OCH3 is 2. The van der Waals surface area contributed by atoms with Gasteiger partial charge in [-0.15, -0.1) is 0 Å². The van der Waals surface area contributed by atoms with Crippen molar-refractivity contribution in [3.8, 4) is 11.5 Å². The smallest absolute Gasteiger partial charge is 0.163 e. The number of benzene rings is 1. The summed E-state index contributed by atoms with van der Waals surface area (Å²) in [7, 11) is 3.10. The lowest BCUT2D eigenvalue weighted by atomic mass is 9.96. The first-order chi connectivity index (χ1) is 7.54. The Bertz CT molecular complexity index is 319. The number of rotatable bonds is 4. The zero-order valence-electron chi connectivity index (χ0n) is 10.1. The molecule has 0 bridgehead atoms. The molecule has 0 spiro atoms. The highest BCUT2D eigenvalue weighted by Crippen LogP contribution is 2.38. The molecule has 0 saturated carbocycles. The van der Waals surface area contributed by atoms with Gasteiger partial charge in [0.25, 0.3) is 0 Å². The summed E-state index contributed by atoms with van der Waals surface area (Å²) in [5.41, 5.74) is 3.09. The van der Waals surface area contributed by atoms with Gasteiger partial charge in [0.2, 0.25) is 0 Å². The first-order valence-electron chi connectivity index (χ1n) is 5.05. The topological polar surface area (TPSA) is 58.9 Å². The SMILES string of the molecule is COCc1c(C)c(C)c(COC)c(O)c1O. The van der Waals surface area contributed by atoms with E-state index in [1.807, 2.05) is 13.8 Å². The molecule has 0 unspecified atom stereocenters. The highest BCUT2D eigenvalue weighted by atomic mass is 16.5. The van der Waals surface area contributed by atoms with Crippen LogP contribution in [0.1, 0.15) is 22.3 Å². The molecule has 0 radical (unpaired) electrons. The average molecular weight is 226 g/mol. The van der Waals surface area contributed by atoms with Crippen molar-refractivity contribution in [2.75, 3.05) is 14.2 Å². The molecule has 1 aromatic carbocycles. The molecule has 0 amide bonds. The van der Waals surface area contributed by atoms with E-state index in [1.54, 1.807) is 14.2 Å². The molecule has 0 aliphatic rings. The highest BCUT2D eigenvalue weighted by molar-refractivity contribution is 5.57. The van der Waals surface area contributed by atoms with Crippen LogP contribution in [-0.2, 0) is 22.7 Å². The van der Waals surface area contributed by atoms with Gasteiger partial charge in [0.1, 0.15) is 0 Å². The molecule has 0 saturated heterocycles. The third-order valence-corrected chi connectivity index (χ3v) is 2.84. The normalized spacial score (nSPS) is 10.8. The van der Waals surface area contributed by atoms with Gasteiger partial charge in [-0.1, -0.05) is 0 Å². The van der Waals surface area contributed by atoms with E-state index in [-0.39, 0.29) is 24.7 Å². The van der Waals surface area contributed by atoms with Crippen molar-refractivity contribution in [1.29, 1.82) is 0 Å². The van der Waals surface area contributed by atoms with Crippen molar-refractivity contribution < 1.29 is 19.7 Å². The van der Waals surface area contributed by atoms with E-state index < -0.39 is 0 Å². The second kappa shape index (κ2) is 5.18. The predicted octanol–water partition coefficient (Wildman–Crippen LogP) is 2.01. The van der Waals surface area contributed by atoms with Crippen molar-refractivity contribution in [2.24, 2.45) is 0 Å². The van der Waals surface area contributed by atoms with Gasteiger partial charge in [-0.2, -0.15) is 0 Å². The summed E-state index contributed by atoms with van der Waals surface area (Å²) in [4.78, 5) is 0. The third kappa shape index (κ3) is 2.13. The third-order valence-electron chi connectivity index (χ3n) is 2.84. The van der Waals surface area contributed by atoms with E-state index in [0.29, 0.717) is 11.1 Å². The average Bonchev–Trinajstić information content (AvgIpc) is 2.28. The highest BCUT2D eigenvalue weighted by Gasteiger charge is 2.18. The minimum absolute atomic E-state index is 0.114. The van der Waals surface area contributed by atoms with Crippen LogP contribution >= 0.6 is 0 Å². The maximum atomic E-state index is 9.86.